The predicted molar refractivity (Wildman–Crippen MR) is 89.4 cm³/mol. The molecule has 1 rings (SSSR count). The van der Waals surface area contributed by atoms with E-state index < -0.39 is 0 Å². The van der Waals surface area contributed by atoms with Gasteiger partial charge in [-0.25, -0.2) is 0 Å². The largest absolute Gasteiger partial charge is 0.466 e. The van der Waals surface area contributed by atoms with Gasteiger partial charge in [-0.3, -0.25) is 14.5 Å². The molecule has 22 heavy (non-hydrogen) atoms. The van der Waals surface area contributed by atoms with Crippen LogP contribution in [0.25, 0.3) is 0 Å². The Morgan fingerprint density at radius 1 is 1.32 bits per heavy atom. The van der Waals surface area contributed by atoms with Crippen molar-refractivity contribution in [1.82, 2.24) is 10.2 Å². The van der Waals surface area contributed by atoms with E-state index in [1.807, 2.05) is 36.2 Å². The smallest absolute Gasteiger partial charge is 0.305 e. The normalized spacial score (nSPS) is 10.5. The summed E-state index contributed by atoms with van der Waals surface area (Å²) in [5.41, 5.74) is 1.14. The fourth-order valence-electron chi connectivity index (χ4n) is 1.97. The molecule has 0 atom stereocenters. The number of hydrogen-bond acceptors (Lipinski definition) is 4. The number of amides is 1. The molecule has 0 bridgehead atoms. The summed E-state index contributed by atoms with van der Waals surface area (Å²) < 4.78 is 5.87. The molecule has 122 valence electrons. The van der Waals surface area contributed by atoms with Crippen LogP contribution in [0.4, 0.5) is 0 Å². The van der Waals surface area contributed by atoms with Crippen molar-refractivity contribution in [2.75, 3.05) is 26.7 Å². The number of nitrogens with one attached hydrogen (secondary N) is 1. The van der Waals surface area contributed by atoms with Crippen molar-refractivity contribution in [3.05, 3.63) is 34.3 Å². The minimum atomic E-state index is -0.220. The Balaban J connectivity index is 2.21. The van der Waals surface area contributed by atoms with Crippen LogP contribution < -0.4 is 5.32 Å². The van der Waals surface area contributed by atoms with Crippen molar-refractivity contribution >= 4 is 27.8 Å². The Morgan fingerprint density at radius 2 is 2.05 bits per heavy atom. The third-order valence-corrected chi connectivity index (χ3v) is 3.77. The Hall–Kier alpha value is -1.40. The van der Waals surface area contributed by atoms with E-state index in [0.29, 0.717) is 39.1 Å². The van der Waals surface area contributed by atoms with Crippen LogP contribution in [0.1, 0.15) is 25.3 Å². The average Bonchev–Trinajstić information content (AvgIpc) is 2.46. The number of esters is 1. The molecule has 6 heteroatoms. The van der Waals surface area contributed by atoms with Gasteiger partial charge in [-0.05, 0) is 32.0 Å². The molecule has 0 spiro atoms. The fourth-order valence-corrected chi connectivity index (χ4v) is 2.38. The summed E-state index contributed by atoms with van der Waals surface area (Å²) in [4.78, 5) is 24.9. The molecule has 1 aromatic rings. The molecule has 0 aromatic heterocycles. The number of ether oxygens (including phenoxy) is 1. The van der Waals surface area contributed by atoms with Crippen LogP contribution in [0.5, 0.6) is 0 Å². The minimum absolute atomic E-state index is 0.0431. The Labute approximate surface area is 140 Å². The monoisotopic (exact) mass is 370 g/mol. The second kappa shape index (κ2) is 10.3. The second-order valence-corrected chi connectivity index (χ2v) is 5.88. The van der Waals surface area contributed by atoms with Crippen molar-refractivity contribution in [2.45, 2.75) is 26.3 Å². The van der Waals surface area contributed by atoms with Crippen LogP contribution >= 0.6 is 15.9 Å². The molecule has 0 heterocycles. The number of carbonyl (C=O) groups is 2. The summed E-state index contributed by atoms with van der Waals surface area (Å²) in [6.07, 6.45) is 0.930. The standard InChI is InChI=1S/C16H23BrN2O3/c1-3-22-16(21)9-6-10-18-15(20)12-19(2)11-13-7-4-5-8-14(13)17/h4-5,7-8H,3,6,9-12H2,1-2H3,(H,18,20). The maximum atomic E-state index is 11.8. The quantitative estimate of drug-likeness (QED) is 0.535. The van der Waals surface area contributed by atoms with Gasteiger partial charge < -0.3 is 10.1 Å². The lowest BCUT2D eigenvalue weighted by molar-refractivity contribution is -0.143. The summed E-state index contributed by atoms with van der Waals surface area (Å²) in [5.74, 6) is -0.263. The van der Waals surface area contributed by atoms with Gasteiger partial charge in [-0.15, -0.1) is 0 Å². The Bertz CT molecular complexity index is 494. The lowest BCUT2D eigenvalue weighted by Gasteiger charge is -2.17. The van der Waals surface area contributed by atoms with Gasteiger partial charge in [0.05, 0.1) is 13.2 Å². The molecule has 0 fully saturated rings. The Morgan fingerprint density at radius 3 is 2.73 bits per heavy atom. The number of nitrogens with zero attached hydrogens (tertiary/aromatic N) is 1. The van der Waals surface area contributed by atoms with E-state index >= 15 is 0 Å². The molecule has 0 saturated heterocycles. The maximum absolute atomic E-state index is 11.8. The van der Waals surface area contributed by atoms with Crippen LogP contribution in [-0.2, 0) is 20.9 Å². The van der Waals surface area contributed by atoms with Gasteiger partial charge in [0, 0.05) is 24.0 Å². The van der Waals surface area contributed by atoms with Gasteiger partial charge in [0.25, 0.3) is 0 Å². The van der Waals surface area contributed by atoms with Crippen LogP contribution in [-0.4, -0.2) is 43.5 Å². The van der Waals surface area contributed by atoms with Crippen LogP contribution in [0.3, 0.4) is 0 Å². The first-order chi connectivity index (χ1) is 10.5. The zero-order valence-electron chi connectivity index (χ0n) is 13.1. The van der Waals surface area contributed by atoms with E-state index in [4.69, 9.17) is 4.74 Å². The third kappa shape index (κ3) is 7.56. The van der Waals surface area contributed by atoms with E-state index in [9.17, 15) is 9.59 Å². The molecular weight excluding hydrogens is 348 g/mol. The van der Waals surface area contributed by atoms with Gasteiger partial charge in [0.2, 0.25) is 5.91 Å². The first kappa shape index (κ1) is 18.6. The summed E-state index contributed by atoms with van der Waals surface area (Å²) in [6, 6.07) is 7.95. The van der Waals surface area contributed by atoms with E-state index in [2.05, 4.69) is 21.2 Å². The molecule has 0 unspecified atom stereocenters. The fraction of sp³-hybridized carbons (Fsp3) is 0.500. The number of benzene rings is 1. The number of rotatable bonds is 9. The highest BCUT2D eigenvalue weighted by Gasteiger charge is 2.09. The first-order valence-corrected chi connectivity index (χ1v) is 8.16. The second-order valence-electron chi connectivity index (χ2n) is 5.02. The minimum Gasteiger partial charge on any atom is -0.466 e. The van der Waals surface area contributed by atoms with Gasteiger partial charge in [-0.1, -0.05) is 34.1 Å². The highest BCUT2D eigenvalue weighted by Crippen LogP contribution is 2.16. The Kier molecular flexibility index (Phi) is 8.77. The van der Waals surface area contributed by atoms with Crippen molar-refractivity contribution < 1.29 is 14.3 Å². The molecule has 1 amide bonds. The van der Waals surface area contributed by atoms with E-state index in [1.54, 1.807) is 6.92 Å². The van der Waals surface area contributed by atoms with E-state index in [0.717, 1.165) is 10.0 Å². The van der Waals surface area contributed by atoms with Crippen molar-refractivity contribution in [2.24, 2.45) is 0 Å². The first-order valence-electron chi connectivity index (χ1n) is 7.37. The van der Waals surface area contributed by atoms with Gasteiger partial charge in [-0.2, -0.15) is 0 Å². The SMILES string of the molecule is CCOC(=O)CCCNC(=O)CN(C)Cc1ccccc1Br. The lowest BCUT2D eigenvalue weighted by atomic mass is 10.2. The van der Waals surface area contributed by atoms with Gasteiger partial charge in [0.1, 0.15) is 0 Å². The highest BCUT2D eigenvalue weighted by molar-refractivity contribution is 9.10. The molecular formula is C16H23BrN2O3. The van der Waals surface area contributed by atoms with E-state index in [1.165, 1.54) is 0 Å². The predicted octanol–water partition coefficient (Wildman–Crippen LogP) is 2.34. The number of hydrogen-bond donors (Lipinski definition) is 1. The van der Waals surface area contributed by atoms with Gasteiger partial charge >= 0.3 is 5.97 Å². The molecule has 5 nitrogen and oxygen atoms in total. The molecule has 0 aliphatic rings. The lowest BCUT2D eigenvalue weighted by Crippen LogP contribution is -2.35. The molecule has 0 radical (unpaired) electrons. The summed E-state index contributed by atoms with van der Waals surface area (Å²) in [7, 11) is 1.90. The molecule has 1 aromatic carbocycles. The zero-order chi connectivity index (χ0) is 16.4. The van der Waals surface area contributed by atoms with Crippen LogP contribution in [0.2, 0.25) is 0 Å². The van der Waals surface area contributed by atoms with Crippen molar-refractivity contribution in [3.63, 3.8) is 0 Å². The summed E-state index contributed by atoms with van der Waals surface area (Å²) >= 11 is 3.50. The van der Waals surface area contributed by atoms with Gasteiger partial charge in [0.15, 0.2) is 0 Å². The highest BCUT2D eigenvalue weighted by atomic mass is 79.9. The van der Waals surface area contributed by atoms with E-state index in [-0.39, 0.29) is 11.9 Å². The third-order valence-electron chi connectivity index (χ3n) is 3.00. The molecule has 1 N–H and O–H groups in total. The van der Waals surface area contributed by atoms with Crippen molar-refractivity contribution in [3.8, 4) is 0 Å². The maximum Gasteiger partial charge on any atom is 0.305 e. The topological polar surface area (TPSA) is 58.6 Å². The van der Waals surface area contributed by atoms with Crippen LogP contribution in [0, 0.1) is 0 Å². The molecule has 0 aliphatic heterocycles. The average molecular weight is 371 g/mol. The molecule has 0 saturated carbocycles. The van der Waals surface area contributed by atoms with Crippen LogP contribution in [0.15, 0.2) is 28.7 Å². The summed E-state index contributed by atoms with van der Waals surface area (Å²) in [5, 5.41) is 2.81. The number of likely N-dealkylation sites (N-methyl/N-ethyl adjacent to an activating group) is 1. The number of halogens is 1. The zero-order valence-corrected chi connectivity index (χ0v) is 14.7. The summed E-state index contributed by atoms with van der Waals surface area (Å²) in [6.45, 7) is 3.67. The number of carbonyl (C=O) groups excluding carboxylic acids is 2. The van der Waals surface area contributed by atoms with Crippen molar-refractivity contribution in [1.29, 1.82) is 0 Å². The molecule has 0 aliphatic carbocycles.